The lowest BCUT2D eigenvalue weighted by molar-refractivity contribution is 0.322. The maximum atomic E-state index is 5.81. The van der Waals surface area contributed by atoms with Gasteiger partial charge in [-0.25, -0.2) is 0 Å². The minimum Gasteiger partial charge on any atom is -0.492 e. The lowest BCUT2D eigenvalue weighted by atomic mass is 10.3. The Hall–Kier alpha value is -1.42. The molecule has 2 unspecified atom stereocenters. The fourth-order valence-corrected chi connectivity index (χ4v) is 1.89. The van der Waals surface area contributed by atoms with Crippen LogP contribution in [0.3, 0.4) is 0 Å². The van der Waals surface area contributed by atoms with E-state index in [0.717, 1.165) is 17.6 Å². The van der Waals surface area contributed by atoms with Gasteiger partial charge >= 0.3 is 0 Å². The van der Waals surface area contributed by atoms with Gasteiger partial charge in [0, 0.05) is 18.1 Å². The summed E-state index contributed by atoms with van der Waals surface area (Å²) >= 11 is 5.81. The molecule has 1 aliphatic carbocycles. The fraction of sp³-hybridized carbons (Fsp3) is 0.500. The maximum Gasteiger partial charge on any atom is 0.191 e. The summed E-state index contributed by atoms with van der Waals surface area (Å²) in [5, 5.41) is 7.31. The van der Waals surface area contributed by atoms with Gasteiger partial charge in [-0.3, -0.25) is 4.99 Å². The van der Waals surface area contributed by atoms with Crippen LogP contribution in [-0.4, -0.2) is 32.2 Å². The van der Waals surface area contributed by atoms with Crippen LogP contribution in [0.4, 0.5) is 0 Å². The number of hydrogen-bond acceptors (Lipinski definition) is 2. The number of nitrogens with zero attached hydrogens (tertiary/aromatic N) is 1. The number of ether oxygens (including phenoxy) is 1. The Morgan fingerprint density at radius 3 is 2.68 bits per heavy atom. The lowest BCUT2D eigenvalue weighted by Gasteiger charge is -2.12. The molecule has 0 saturated heterocycles. The summed E-state index contributed by atoms with van der Waals surface area (Å²) in [5.41, 5.74) is 0. The molecule has 0 bridgehead atoms. The second-order valence-electron chi connectivity index (χ2n) is 4.77. The van der Waals surface area contributed by atoms with Crippen molar-refractivity contribution in [3.8, 4) is 5.75 Å². The van der Waals surface area contributed by atoms with Crippen molar-refractivity contribution < 1.29 is 4.74 Å². The summed E-state index contributed by atoms with van der Waals surface area (Å²) in [6.45, 7) is 3.53. The Bertz CT molecular complexity index is 433. The van der Waals surface area contributed by atoms with E-state index in [-0.39, 0.29) is 0 Å². The zero-order chi connectivity index (χ0) is 13.7. The Kier molecular flexibility index (Phi) is 4.91. The highest BCUT2D eigenvalue weighted by Crippen LogP contribution is 2.28. The zero-order valence-corrected chi connectivity index (χ0v) is 12.1. The second-order valence-corrected chi connectivity index (χ2v) is 5.20. The van der Waals surface area contributed by atoms with Crippen LogP contribution in [0.15, 0.2) is 29.3 Å². The van der Waals surface area contributed by atoms with Crippen LogP contribution in [0.25, 0.3) is 0 Å². The molecule has 1 saturated carbocycles. The third kappa shape index (κ3) is 4.63. The lowest BCUT2D eigenvalue weighted by Crippen LogP contribution is -2.40. The van der Waals surface area contributed by atoms with E-state index in [9.17, 15) is 0 Å². The van der Waals surface area contributed by atoms with E-state index in [2.05, 4.69) is 22.5 Å². The van der Waals surface area contributed by atoms with Gasteiger partial charge in [0.2, 0.25) is 0 Å². The molecule has 19 heavy (non-hydrogen) atoms. The van der Waals surface area contributed by atoms with Gasteiger partial charge in [-0.15, -0.1) is 0 Å². The third-order valence-electron chi connectivity index (χ3n) is 3.13. The highest BCUT2D eigenvalue weighted by Gasteiger charge is 2.33. The van der Waals surface area contributed by atoms with Crippen molar-refractivity contribution in [2.75, 3.05) is 20.2 Å². The molecule has 0 radical (unpaired) electrons. The molecule has 1 fully saturated rings. The number of benzene rings is 1. The van der Waals surface area contributed by atoms with Crippen LogP contribution < -0.4 is 15.4 Å². The largest absolute Gasteiger partial charge is 0.492 e. The first-order chi connectivity index (χ1) is 9.19. The first-order valence-corrected chi connectivity index (χ1v) is 6.92. The Morgan fingerprint density at radius 2 is 2.11 bits per heavy atom. The van der Waals surface area contributed by atoms with Crippen LogP contribution in [0, 0.1) is 5.92 Å². The highest BCUT2D eigenvalue weighted by molar-refractivity contribution is 6.30. The summed E-state index contributed by atoms with van der Waals surface area (Å²) in [7, 11) is 1.78. The van der Waals surface area contributed by atoms with Crippen molar-refractivity contribution in [1.29, 1.82) is 0 Å². The number of hydrogen-bond donors (Lipinski definition) is 2. The first kappa shape index (κ1) is 14.0. The van der Waals surface area contributed by atoms with E-state index in [0.29, 0.717) is 24.2 Å². The van der Waals surface area contributed by atoms with Gasteiger partial charge in [0.15, 0.2) is 5.96 Å². The van der Waals surface area contributed by atoms with Gasteiger partial charge < -0.3 is 15.4 Å². The Balaban J connectivity index is 1.64. The van der Waals surface area contributed by atoms with Crippen LogP contribution in [0.2, 0.25) is 5.02 Å². The number of aliphatic imine (C=N–C) groups is 1. The summed E-state index contributed by atoms with van der Waals surface area (Å²) in [6, 6.07) is 7.93. The molecule has 2 atom stereocenters. The average molecular weight is 282 g/mol. The predicted molar refractivity (Wildman–Crippen MR) is 79.0 cm³/mol. The van der Waals surface area contributed by atoms with Crippen molar-refractivity contribution in [3.05, 3.63) is 29.3 Å². The number of nitrogens with one attached hydrogen (secondary N) is 2. The summed E-state index contributed by atoms with van der Waals surface area (Å²) < 4.78 is 5.59. The van der Waals surface area contributed by atoms with Gasteiger partial charge in [0.25, 0.3) is 0 Å². The minimum atomic E-state index is 0.573. The normalized spacial score (nSPS) is 21.9. The molecule has 2 rings (SSSR count). The molecule has 0 aromatic heterocycles. The fourth-order valence-electron chi connectivity index (χ4n) is 1.76. The molecule has 104 valence electrons. The topological polar surface area (TPSA) is 45.7 Å². The molecule has 0 aliphatic heterocycles. The molecule has 1 aromatic rings. The van der Waals surface area contributed by atoms with Gasteiger partial charge in [-0.05, 0) is 36.6 Å². The van der Waals surface area contributed by atoms with Crippen LogP contribution in [0.1, 0.15) is 13.3 Å². The summed E-state index contributed by atoms with van der Waals surface area (Å²) in [4.78, 5) is 4.18. The molecule has 4 nitrogen and oxygen atoms in total. The molecule has 0 spiro atoms. The quantitative estimate of drug-likeness (QED) is 0.494. The summed E-state index contributed by atoms with van der Waals surface area (Å²) in [5.74, 6) is 2.42. The average Bonchev–Trinajstić information content (AvgIpc) is 3.11. The van der Waals surface area contributed by atoms with Crippen molar-refractivity contribution in [3.63, 3.8) is 0 Å². The number of halogens is 1. The second kappa shape index (κ2) is 6.66. The SMILES string of the molecule is CN=C(NCCOc1ccc(Cl)cc1)NC1CC1C. The van der Waals surface area contributed by atoms with E-state index in [1.165, 1.54) is 6.42 Å². The van der Waals surface area contributed by atoms with E-state index in [4.69, 9.17) is 16.3 Å². The molecule has 0 amide bonds. The van der Waals surface area contributed by atoms with Crippen molar-refractivity contribution in [1.82, 2.24) is 10.6 Å². The van der Waals surface area contributed by atoms with E-state index in [1.807, 2.05) is 24.3 Å². The number of rotatable bonds is 5. The van der Waals surface area contributed by atoms with Gasteiger partial charge in [0.1, 0.15) is 12.4 Å². The summed E-state index contributed by atoms with van der Waals surface area (Å²) in [6.07, 6.45) is 1.22. The van der Waals surface area contributed by atoms with Crippen LogP contribution in [-0.2, 0) is 0 Å². The van der Waals surface area contributed by atoms with Crippen LogP contribution in [0.5, 0.6) is 5.75 Å². The molecule has 0 heterocycles. The monoisotopic (exact) mass is 281 g/mol. The maximum absolute atomic E-state index is 5.81. The van der Waals surface area contributed by atoms with Crippen LogP contribution >= 0.6 is 11.6 Å². The third-order valence-corrected chi connectivity index (χ3v) is 3.38. The van der Waals surface area contributed by atoms with Gasteiger partial charge in [-0.1, -0.05) is 18.5 Å². The van der Waals surface area contributed by atoms with Crippen molar-refractivity contribution in [2.24, 2.45) is 10.9 Å². The highest BCUT2D eigenvalue weighted by atomic mass is 35.5. The first-order valence-electron chi connectivity index (χ1n) is 6.54. The van der Waals surface area contributed by atoms with Crippen molar-refractivity contribution >= 4 is 17.6 Å². The predicted octanol–water partition coefficient (Wildman–Crippen LogP) is 2.29. The standard InChI is InChI=1S/C14H20ClN3O/c1-10-9-13(10)18-14(16-2)17-7-8-19-12-5-3-11(15)4-6-12/h3-6,10,13H,7-9H2,1-2H3,(H2,16,17,18). The van der Waals surface area contributed by atoms with E-state index >= 15 is 0 Å². The van der Waals surface area contributed by atoms with Crippen molar-refractivity contribution in [2.45, 2.75) is 19.4 Å². The minimum absolute atomic E-state index is 0.573. The zero-order valence-electron chi connectivity index (χ0n) is 11.3. The Morgan fingerprint density at radius 1 is 1.42 bits per heavy atom. The number of guanidine groups is 1. The smallest absolute Gasteiger partial charge is 0.191 e. The molecular weight excluding hydrogens is 262 g/mol. The molecule has 2 N–H and O–H groups in total. The molecule has 1 aliphatic rings. The van der Waals surface area contributed by atoms with Gasteiger partial charge in [0.05, 0.1) is 6.54 Å². The van der Waals surface area contributed by atoms with E-state index < -0.39 is 0 Å². The Labute approximate surface area is 119 Å². The van der Waals surface area contributed by atoms with E-state index in [1.54, 1.807) is 7.05 Å². The molecule has 1 aromatic carbocycles. The van der Waals surface area contributed by atoms with Gasteiger partial charge in [-0.2, -0.15) is 0 Å². The molecular formula is C14H20ClN3O. The molecule has 5 heteroatoms.